The van der Waals surface area contributed by atoms with Crippen molar-refractivity contribution >= 4 is 28.6 Å². The van der Waals surface area contributed by atoms with E-state index < -0.39 is 0 Å². The molecule has 112 valence electrons. The molecule has 1 aromatic carbocycles. The van der Waals surface area contributed by atoms with Crippen LogP contribution in [0.2, 0.25) is 0 Å². The Bertz CT molecular complexity index is 735. The highest BCUT2D eigenvalue weighted by Gasteiger charge is 2.18. The van der Waals surface area contributed by atoms with Gasteiger partial charge in [0.25, 0.3) is 5.91 Å². The second-order valence-electron chi connectivity index (χ2n) is 4.85. The molecule has 0 saturated heterocycles. The summed E-state index contributed by atoms with van der Waals surface area (Å²) in [5.74, 6) is -0.0101. The van der Waals surface area contributed by atoms with E-state index in [0.29, 0.717) is 18.8 Å². The second-order valence-corrected chi connectivity index (χ2v) is 6.49. The maximum absolute atomic E-state index is 12.6. The minimum absolute atomic E-state index is 0.0101. The van der Waals surface area contributed by atoms with Crippen molar-refractivity contribution in [3.8, 4) is 10.6 Å². The number of thiophene rings is 1. The summed E-state index contributed by atoms with van der Waals surface area (Å²) < 4.78 is 0. The van der Waals surface area contributed by atoms with Crippen molar-refractivity contribution in [2.45, 2.75) is 13.5 Å². The molecular weight excluding hydrogens is 312 g/mol. The Morgan fingerprint density at radius 3 is 2.68 bits per heavy atom. The van der Waals surface area contributed by atoms with Crippen LogP contribution < -0.4 is 0 Å². The maximum Gasteiger partial charge on any atom is 0.273 e. The van der Waals surface area contributed by atoms with E-state index in [0.717, 1.165) is 16.1 Å². The van der Waals surface area contributed by atoms with E-state index in [1.54, 1.807) is 11.3 Å². The van der Waals surface area contributed by atoms with Crippen molar-refractivity contribution in [2.75, 3.05) is 6.54 Å². The van der Waals surface area contributed by atoms with Gasteiger partial charge in [0.15, 0.2) is 0 Å². The summed E-state index contributed by atoms with van der Waals surface area (Å²) in [6.07, 6.45) is 0. The summed E-state index contributed by atoms with van der Waals surface area (Å²) in [7, 11) is 0. The van der Waals surface area contributed by atoms with Gasteiger partial charge in [0.2, 0.25) is 0 Å². The fourth-order valence-electron chi connectivity index (χ4n) is 2.18. The number of thiazole rings is 1. The van der Waals surface area contributed by atoms with Crippen LogP contribution in [0.4, 0.5) is 0 Å². The van der Waals surface area contributed by atoms with Crippen molar-refractivity contribution in [3.63, 3.8) is 0 Å². The summed E-state index contributed by atoms with van der Waals surface area (Å²) in [5, 5.41) is 6.82. The van der Waals surface area contributed by atoms with Crippen LogP contribution in [0.1, 0.15) is 23.0 Å². The Balaban J connectivity index is 1.77. The zero-order chi connectivity index (χ0) is 15.4. The lowest BCUT2D eigenvalue weighted by atomic mass is 10.2. The third-order valence-corrected chi connectivity index (χ3v) is 4.95. The van der Waals surface area contributed by atoms with E-state index >= 15 is 0 Å². The molecule has 0 fully saturated rings. The molecule has 3 rings (SSSR count). The number of rotatable bonds is 5. The van der Waals surface area contributed by atoms with Gasteiger partial charge in [-0.25, -0.2) is 4.98 Å². The molecule has 3 nitrogen and oxygen atoms in total. The summed E-state index contributed by atoms with van der Waals surface area (Å²) in [6.45, 7) is 3.27. The van der Waals surface area contributed by atoms with Crippen molar-refractivity contribution in [1.29, 1.82) is 0 Å². The summed E-state index contributed by atoms with van der Waals surface area (Å²) >= 11 is 3.15. The van der Waals surface area contributed by atoms with E-state index in [9.17, 15) is 4.79 Å². The minimum atomic E-state index is -0.0101. The average Bonchev–Trinajstić information content (AvgIpc) is 3.23. The fraction of sp³-hybridized carbons (Fsp3) is 0.176. The third-order valence-electron chi connectivity index (χ3n) is 3.38. The lowest BCUT2D eigenvalue weighted by Crippen LogP contribution is -2.30. The highest BCUT2D eigenvalue weighted by Crippen LogP contribution is 2.26. The molecule has 0 aliphatic rings. The molecule has 0 unspecified atom stereocenters. The van der Waals surface area contributed by atoms with Crippen molar-refractivity contribution in [3.05, 3.63) is 63.8 Å². The molecule has 0 radical (unpaired) electrons. The first kappa shape index (κ1) is 14.9. The largest absolute Gasteiger partial charge is 0.333 e. The van der Waals surface area contributed by atoms with E-state index in [-0.39, 0.29) is 5.91 Å². The monoisotopic (exact) mass is 328 g/mol. The molecule has 2 aromatic heterocycles. The van der Waals surface area contributed by atoms with Gasteiger partial charge in [0.05, 0.1) is 0 Å². The lowest BCUT2D eigenvalue weighted by molar-refractivity contribution is 0.0747. The van der Waals surface area contributed by atoms with Gasteiger partial charge >= 0.3 is 0 Å². The van der Waals surface area contributed by atoms with E-state index in [2.05, 4.69) is 10.4 Å². The van der Waals surface area contributed by atoms with Crippen molar-refractivity contribution in [1.82, 2.24) is 9.88 Å². The topological polar surface area (TPSA) is 33.2 Å². The first-order valence-electron chi connectivity index (χ1n) is 7.09. The molecule has 0 atom stereocenters. The van der Waals surface area contributed by atoms with Gasteiger partial charge in [-0.1, -0.05) is 30.3 Å². The van der Waals surface area contributed by atoms with Crippen molar-refractivity contribution in [2.24, 2.45) is 0 Å². The zero-order valence-electron chi connectivity index (χ0n) is 12.2. The van der Waals surface area contributed by atoms with Crippen LogP contribution in [0.3, 0.4) is 0 Å². The van der Waals surface area contributed by atoms with Gasteiger partial charge in [0.1, 0.15) is 10.7 Å². The Morgan fingerprint density at radius 2 is 2.00 bits per heavy atom. The fourth-order valence-corrected chi connectivity index (χ4v) is 3.69. The number of amides is 1. The molecule has 1 amide bonds. The number of hydrogen-bond acceptors (Lipinski definition) is 4. The number of nitrogens with zero attached hydrogens (tertiary/aromatic N) is 2. The molecule has 0 saturated carbocycles. The van der Waals surface area contributed by atoms with Crippen molar-refractivity contribution < 1.29 is 4.79 Å². The van der Waals surface area contributed by atoms with Gasteiger partial charge in [-0.05, 0) is 23.9 Å². The summed E-state index contributed by atoms with van der Waals surface area (Å²) in [6, 6.07) is 12.1. The van der Waals surface area contributed by atoms with E-state index in [1.807, 2.05) is 59.0 Å². The normalized spacial score (nSPS) is 10.6. The Kier molecular flexibility index (Phi) is 4.65. The highest BCUT2D eigenvalue weighted by molar-refractivity contribution is 7.14. The number of carbonyl (C=O) groups is 1. The first-order chi connectivity index (χ1) is 10.8. The predicted octanol–water partition coefficient (Wildman–Crippen LogP) is 4.53. The maximum atomic E-state index is 12.6. The van der Waals surface area contributed by atoms with Crippen LogP contribution in [-0.2, 0) is 6.54 Å². The molecule has 0 N–H and O–H groups in total. The van der Waals surface area contributed by atoms with Crippen LogP contribution in [0, 0.1) is 0 Å². The standard InChI is InChI=1S/C17H16N2OS2/c1-2-19(10-13-6-4-3-5-7-13)17(20)15-12-22-16(18-15)14-8-9-21-11-14/h3-9,11-12H,2,10H2,1H3. The summed E-state index contributed by atoms with van der Waals surface area (Å²) in [5.41, 5.74) is 2.75. The van der Waals surface area contributed by atoms with E-state index in [1.165, 1.54) is 11.3 Å². The molecular formula is C17H16N2OS2. The number of carbonyl (C=O) groups excluding carboxylic acids is 1. The highest BCUT2D eigenvalue weighted by atomic mass is 32.1. The number of benzene rings is 1. The lowest BCUT2D eigenvalue weighted by Gasteiger charge is -2.19. The minimum Gasteiger partial charge on any atom is -0.333 e. The summed E-state index contributed by atoms with van der Waals surface area (Å²) in [4.78, 5) is 19.0. The SMILES string of the molecule is CCN(Cc1ccccc1)C(=O)c1csc(-c2ccsc2)n1. The Hall–Kier alpha value is -1.98. The number of hydrogen-bond donors (Lipinski definition) is 0. The predicted molar refractivity (Wildman–Crippen MR) is 92.3 cm³/mol. The zero-order valence-corrected chi connectivity index (χ0v) is 13.9. The molecule has 0 aliphatic heterocycles. The first-order valence-corrected chi connectivity index (χ1v) is 8.91. The van der Waals surface area contributed by atoms with Crippen LogP contribution in [-0.4, -0.2) is 22.3 Å². The molecule has 3 aromatic rings. The second kappa shape index (κ2) is 6.85. The smallest absolute Gasteiger partial charge is 0.273 e. The molecule has 5 heteroatoms. The molecule has 22 heavy (non-hydrogen) atoms. The van der Waals surface area contributed by atoms with Gasteiger partial charge < -0.3 is 4.90 Å². The molecule has 0 spiro atoms. The molecule has 2 heterocycles. The third kappa shape index (κ3) is 3.26. The quantitative estimate of drug-likeness (QED) is 0.689. The van der Waals surface area contributed by atoms with Crippen LogP contribution in [0.25, 0.3) is 10.6 Å². The van der Waals surface area contributed by atoms with Gasteiger partial charge in [-0.15, -0.1) is 11.3 Å². The van der Waals surface area contributed by atoms with Crippen LogP contribution >= 0.6 is 22.7 Å². The van der Waals surface area contributed by atoms with Crippen LogP contribution in [0.15, 0.2) is 52.5 Å². The average molecular weight is 328 g/mol. The Morgan fingerprint density at radius 1 is 1.18 bits per heavy atom. The van der Waals surface area contributed by atoms with Crippen LogP contribution in [0.5, 0.6) is 0 Å². The van der Waals surface area contributed by atoms with Gasteiger partial charge in [0, 0.05) is 29.4 Å². The van der Waals surface area contributed by atoms with Gasteiger partial charge in [-0.3, -0.25) is 4.79 Å². The molecule has 0 aliphatic carbocycles. The Labute approximate surface area is 137 Å². The van der Waals surface area contributed by atoms with Gasteiger partial charge in [-0.2, -0.15) is 11.3 Å². The molecule has 0 bridgehead atoms. The number of aromatic nitrogens is 1. The van der Waals surface area contributed by atoms with E-state index in [4.69, 9.17) is 0 Å².